The van der Waals surface area contributed by atoms with Gasteiger partial charge < -0.3 is 60.3 Å². The maximum Gasteiger partial charge on any atom is 0.328 e. The van der Waals surface area contributed by atoms with Crippen LogP contribution in [0.1, 0.15) is 177 Å². The van der Waals surface area contributed by atoms with Gasteiger partial charge in [-0.05, 0) is 107 Å². The van der Waals surface area contributed by atoms with Crippen molar-refractivity contribution in [1.29, 1.82) is 0 Å². The molecule has 5 rings (SSSR count). The zero-order chi connectivity index (χ0) is 67.7. The van der Waals surface area contributed by atoms with Gasteiger partial charge in [0.25, 0.3) is 11.8 Å². The molecule has 2 aromatic carbocycles. The Balaban J connectivity index is 1.37. The molecule has 0 aliphatic carbocycles. The Morgan fingerprint density at radius 1 is 0.956 bits per heavy atom. The van der Waals surface area contributed by atoms with Gasteiger partial charge in [0.1, 0.15) is 57.9 Å². The van der Waals surface area contributed by atoms with Crippen LogP contribution in [0, 0.1) is 23.7 Å². The van der Waals surface area contributed by atoms with Crippen LogP contribution in [0.15, 0.2) is 54.1 Å². The first-order chi connectivity index (χ1) is 43.0. The molecule has 10 atom stereocenters. The van der Waals surface area contributed by atoms with Crippen LogP contribution in [0.3, 0.4) is 0 Å². The highest BCUT2D eigenvalue weighted by molar-refractivity contribution is 6.35. The number of anilines is 1. The number of esters is 2. The number of nitrogens with two attached hydrogens (primary N) is 1. The number of amides is 6. The van der Waals surface area contributed by atoms with Crippen molar-refractivity contribution in [2.24, 2.45) is 29.4 Å². The van der Waals surface area contributed by atoms with Crippen LogP contribution in [0.25, 0.3) is 0 Å². The van der Waals surface area contributed by atoms with Crippen molar-refractivity contribution < 1.29 is 76.7 Å². The number of primary amides is 1. The number of rotatable bonds is 29. The van der Waals surface area contributed by atoms with Gasteiger partial charge in [0, 0.05) is 95.8 Å². The number of halogens is 1. The summed E-state index contributed by atoms with van der Waals surface area (Å²) in [7, 11) is 7.15. The number of nitrogens with one attached hydrogen (secondary N) is 3. The number of methoxy groups -OCH3 is 2. The summed E-state index contributed by atoms with van der Waals surface area (Å²) < 4.78 is 29.9. The number of allylic oxidation sites excluding steroid dienone is 3. The Bertz CT molecular complexity index is 3040. The number of likely N-dealkylation sites (N-methyl/N-ethyl adjacent to an activating group) is 1. The number of nitrogens with zero attached hydrogens (tertiary/aromatic N) is 2. The second-order valence-corrected chi connectivity index (χ2v) is 25.6. The maximum atomic E-state index is 14.6. The molecule has 6 amide bonds. The first-order valence-electron chi connectivity index (χ1n) is 31.8. The average molecular weight is 1290 g/mol. The summed E-state index contributed by atoms with van der Waals surface area (Å²) in [6.07, 6.45) is 6.15. The Morgan fingerprint density at radius 2 is 1.64 bits per heavy atom. The standard InChI is InChI=1S/C68H97ClN6O16/c1-14-44(15-2)52(77)25-19-17-16-18-23-47(76)35-48(39(3)4)63(82)73-50(24-21-29-72-66(70)85)53(78)34-45-27-28-46(33-49(45)62(81)71-9)64(83)74(10)42(7)65(84)90-57-36-58(79)75(11)51-31-43(32-54(87-12)60(51)69)30-40(5)22-20-26-56(88-13)68(86)37-55(89-59(80)38-68)41(6)61-67(57,8)91-61/h20,22,26-28,31-33,39,41-42,44,48,50,55-57,61,86H,14-19,21,23-25,29-30,34-38H2,1-13H3,(H,71,81)(H,73,82)(H3,70,72,85)/b26-20+,40-22+/t41-,42+,48+,50+,55+,56-,57+,61+,67+,68-/m1/s1. The zero-order valence-electron chi connectivity index (χ0n) is 55.3. The van der Waals surface area contributed by atoms with E-state index in [0.717, 1.165) is 48.1 Å². The lowest BCUT2D eigenvalue weighted by Crippen LogP contribution is -2.53. The second-order valence-electron chi connectivity index (χ2n) is 25.2. The van der Waals surface area contributed by atoms with Gasteiger partial charge in [-0.15, -0.1) is 0 Å². The summed E-state index contributed by atoms with van der Waals surface area (Å²) >= 11 is 6.88. The highest BCUT2D eigenvalue weighted by Gasteiger charge is 2.64. The molecule has 3 aliphatic heterocycles. The summed E-state index contributed by atoms with van der Waals surface area (Å²) in [6.45, 7) is 14.5. The van der Waals surface area contributed by atoms with Crippen molar-refractivity contribution in [1.82, 2.24) is 20.9 Å². The highest BCUT2D eigenvalue weighted by Crippen LogP contribution is 2.50. The minimum atomic E-state index is -1.68. The van der Waals surface area contributed by atoms with Gasteiger partial charge >= 0.3 is 18.0 Å². The van der Waals surface area contributed by atoms with E-state index in [0.29, 0.717) is 30.7 Å². The molecule has 91 heavy (non-hydrogen) atoms. The molecule has 0 spiro atoms. The normalized spacial score (nSPS) is 23.7. The predicted molar refractivity (Wildman–Crippen MR) is 343 cm³/mol. The number of hydrogen-bond acceptors (Lipinski definition) is 16. The van der Waals surface area contributed by atoms with Gasteiger partial charge in [0.05, 0.1) is 37.8 Å². The van der Waals surface area contributed by atoms with Crippen LogP contribution >= 0.6 is 11.6 Å². The van der Waals surface area contributed by atoms with Crippen molar-refractivity contribution in [2.75, 3.05) is 46.8 Å². The van der Waals surface area contributed by atoms with Crippen LogP contribution < -0.4 is 31.3 Å². The van der Waals surface area contributed by atoms with E-state index in [2.05, 4.69) is 16.0 Å². The molecule has 0 unspecified atom stereocenters. The SMILES string of the molecule is CCC(CC)C(=O)CCCCCCC(=O)C[C@H](C(=O)N[C@@H](CCCNC(N)=O)C(=O)Cc1ccc(C(=O)N(C)[C@@H](C)C(=O)O[C@H]2CC(=O)N(C)c3cc(cc(OC)c3Cl)C/C(C)=C/C=C/[C@@H](OC)[C@]3(O)CC(=O)O[C@@H](C3)[C@@H](C)[C@@H]3O[C@@]23C)cc1C(=O)NC)C(C)C. The number of hydrogen-bond donors (Lipinski definition) is 5. The van der Waals surface area contributed by atoms with Crippen LogP contribution in [-0.4, -0.2) is 159 Å². The predicted octanol–water partition coefficient (Wildman–Crippen LogP) is 8.06. The number of carbonyl (C=O) groups excluding carboxylic acids is 10. The molecule has 3 aliphatic rings. The molecule has 502 valence electrons. The Kier molecular flexibility index (Phi) is 28.0. The molecule has 0 radical (unpaired) electrons. The van der Waals surface area contributed by atoms with E-state index in [9.17, 15) is 53.1 Å². The van der Waals surface area contributed by atoms with Crippen molar-refractivity contribution in [3.63, 3.8) is 0 Å². The maximum absolute atomic E-state index is 14.6. The van der Waals surface area contributed by atoms with E-state index >= 15 is 0 Å². The molecule has 2 fully saturated rings. The summed E-state index contributed by atoms with van der Waals surface area (Å²) in [4.78, 5) is 139. The first kappa shape index (κ1) is 74.7. The fraction of sp³-hybridized carbons (Fsp3) is 0.618. The van der Waals surface area contributed by atoms with Gasteiger partial charge in [-0.25, -0.2) is 9.59 Å². The summed E-state index contributed by atoms with van der Waals surface area (Å²) in [5.41, 5.74) is 4.30. The molecule has 23 heteroatoms. The van der Waals surface area contributed by atoms with Gasteiger partial charge in [0.2, 0.25) is 11.8 Å². The third-order valence-corrected chi connectivity index (χ3v) is 18.6. The molecular weight excluding hydrogens is 1190 g/mol. The Labute approximate surface area is 540 Å². The van der Waals surface area contributed by atoms with E-state index in [4.69, 9.17) is 41.0 Å². The van der Waals surface area contributed by atoms with Crippen molar-refractivity contribution in [3.05, 3.63) is 81.4 Å². The fourth-order valence-electron chi connectivity index (χ4n) is 12.2. The molecule has 0 aromatic heterocycles. The summed E-state index contributed by atoms with van der Waals surface area (Å²) in [5, 5.41) is 20.1. The number of benzene rings is 2. The topological polar surface area (TPSA) is 309 Å². The third-order valence-electron chi connectivity index (χ3n) is 18.2. The smallest absolute Gasteiger partial charge is 0.328 e. The van der Waals surface area contributed by atoms with Crippen LogP contribution in [0.2, 0.25) is 5.02 Å². The molecule has 4 bridgehead atoms. The molecule has 2 saturated heterocycles. The Hall–Kier alpha value is -7.01. The summed E-state index contributed by atoms with van der Waals surface area (Å²) in [5.74, 6) is -5.61. The lowest BCUT2D eigenvalue weighted by molar-refractivity contribution is -0.187. The fourth-order valence-corrected chi connectivity index (χ4v) is 12.5. The number of ether oxygens (including phenoxy) is 5. The molecule has 22 nitrogen and oxygen atoms in total. The minimum absolute atomic E-state index is 0.0347. The van der Waals surface area contributed by atoms with Gasteiger partial charge in [-0.2, -0.15) is 0 Å². The van der Waals surface area contributed by atoms with E-state index in [1.54, 1.807) is 38.1 Å². The van der Waals surface area contributed by atoms with Crippen LogP contribution in [-0.2, 0) is 65.4 Å². The number of ketones is 3. The summed E-state index contributed by atoms with van der Waals surface area (Å²) in [6, 6.07) is 4.41. The number of urea groups is 1. The first-order valence-corrected chi connectivity index (χ1v) is 32.2. The van der Waals surface area contributed by atoms with Crippen molar-refractivity contribution in [3.8, 4) is 5.75 Å². The molecule has 2 aromatic rings. The van der Waals surface area contributed by atoms with E-state index in [-0.39, 0.29) is 96.6 Å². The van der Waals surface area contributed by atoms with E-state index in [1.807, 2.05) is 40.7 Å². The van der Waals surface area contributed by atoms with Gasteiger partial charge in [-0.1, -0.05) is 88.9 Å². The highest BCUT2D eigenvalue weighted by atomic mass is 35.5. The second kappa shape index (κ2) is 34.1. The number of unbranched alkanes of at least 4 members (excludes halogenated alkanes) is 3. The number of aliphatic hydroxyl groups is 1. The van der Waals surface area contributed by atoms with Crippen LogP contribution in [0.4, 0.5) is 10.5 Å². The van der Waals surface area contributed by atoms with E-state index in [1.165, 1.54) is 65.4 Å². The number of fused-ring (bicyclic) bond motifs is 5. The van der Waals surface area contributed by atoms with Gasteiger partial charge in [-0.3, -0.25) is 38.4 Å². The molecule has 6 N–H and O–H groups in total. The molecule has 0 saturated carbocycles. The average Bonchev–Trinajstić information content (AvgIpc) is 1.58. The van der Waals surface area contributed by atoms with Crippen molar-refractivity contribution in [2.45, 2.75) is 206 Å². The van der Waals surface area contributed by atoms with Crippen LogP contribution in [0.5, 0.6) is 5.75 Å². The number of epoxide rings is 1. The van der Waals surface area contributed by atoms with Crippen molar-refractivity contribution >= 4 is 76.2 Å². The number of carbonyl (C=O) groups is 10. The molecular formula is C68H97ClN6O16. The third kappa shape index (κ3) is 20.0. The lowest BCUT2D eigenvalue weighted by atomic mass is 9.78. The van der Waals surface area contributed by atoms with Gasteiger partial charge in [0.15, 0.2) is 5.78 Å². The largest absolute Gasteiger partial charge is 0.495 e. The van der Waals surface area contributed by atoms with E-state index < -0.39 is 113 Å². The quantitative estimate of drug-likeness (QED) is 0.0292. The monoisotopic (exact) mass is 1290 g/mol. The Morgan fingerprint density at radius 3 is 2.26 bits per heavy atom. The zero-order valence-corrected chi connectivity index (χ0v) is 56.1. The molecule has 3 heterocycles. The minimum Gasteiger partial charge on any atom is -0.495 e. The lowest BCUT2D eigenvalue weighted by Gasteiger charge is -2.41. The number of Topliss-reactive ketones (excluding diaryl/α,β-unsaturated/α-hetero) is 3.